The quantitative estimate of drug-likeness (QED) is 0.716. The number of aromatic nitrogens is 2. The number of rotatable bonds is 3. The summed E-state index contributed by atoms with van der Waals surface area (Å²) in [6, 6.07) is 1.77. The van der Waals surface area contributed by atoms with Gasteiger partial charge < -0.3 is 14.9 Å². The minimum Gasteiger partial charge on any atom is -0.394 e. The molecule has 2 aromatic heterocycles. The first kappa shape index (κ1) is 15.6. The molecule has 1 aliphatic rings. The number of ether oxygens (including phenoxy) is 1. The zero-order chi connectivity index (χ0) is 15.9. The average Bonchev–Trinajstić information content (AvgIpc) is 3.05. The molecular formula is C13H13BrN2O5S. The molecule has 1 saturated heterocycles. The van der Waals surface area contributed by atoms with Gasteiger partial charge in [-0.1, -0.05) is 0 Å². The summed E-state index contributed by atoms with van der Waals surface area (Å²) in [4.78, 5) is 26.3. The van der Waals surface area contributed by atoms with E-state index in [2.05, 4.69) is 20.9 Å². The SMILES string of the molecule is O=c1[nH]c(=O)n([C@H]2C[C@H](O)[C@@H](CO)O2)cc1-c1ccsc1Br. The number of hydrogen-bond acceptors (Lipinski definition) is 6. The maximum Gasteiger partial charge on any atom is 0.330 e. The van der Waals surface area contributed by atoms with Crippen LogP contribution in [0.2, 0.25) is 0 Å². The number of aromatic amines is 1. The summed E-state index contributed by atoms with van der Waals surface area (Å²) >= 11 is 4.79. The highest BCUT2D eigenvalue weighted by Gasteiger charge is 2.35. The Hall–Kier alpha value is -1.26. The van der Waals surface area contributed by atoms with Gasteiger partial charge in [0.25, 0.3) is 5.56 Å². The molecular weight excluding hydrogens is 376 g/mol. The van der Waals surface area contributed by atoms with Crippen molar-refractivity contribution in [1.29, 1.82) is 0 Å². The molecule has 0 bridgehead atoms. The van der Waals surface area contributed by atoms with Crippen molar-refractivity contribution in [2.75, 3.05) is 6.61 Å². The lowest BCUT2D eigenvalue weighted by molar-refractivity contribution is -0.0458. The topological polar surface area (TPSA) is 105 Å². The zero-order valence-corrected chi connectivity index (χ0v) is 13.6. The van der Waals surface area contributed by atoms with Gasteiger partial charge in [-0.25, -0.2) is 4.79 Å². The highest BCUT2D eigenvalue weighted by Crippen LogP contribution is 2.32. The molecule has 1 fully saturated rings. The minimum atomic E-state index is -0.856. The number of halogens is 1. The Morgan fingerprint density at radius 1 is 1.45 bits per heavy atom. The first-order valence-corrected chi connectivity index (χ1v) is 8.21. The van der Waals surface area contributed by atoms with E-state index in [-0.39, 0.29) is 13.0 Å². The van der Waals surface area contributed by atoms with Gasteiger partial charge in [-0.05, 0) is 27.4 Å². The highest BCUT2D eigenvalue weighted by atomic mass is 79.9. The van der Waals surface area contributed by atoms with Crippen LogP contribution in [0.15, 0.2) is 31.0 Å². The van der Waals surface area contributed by atoms with Crippen LogP contribution >= 0.6 is 27.3 Å². The number of aliphatic hydroxyl groups is 2. The molecule has 7 nitrogen and oxygen atoms in total. The standard InChI is InChI=1S/C13H13BrN2O5S/c14-11-6(1-2-22-11)7-4-16(13(20)15-12(7)19)10-3-8(18)9(5-17)21-10/h1-2,4,8-10,17-18H,3,5H2,(H,15,19,20)/t8-,9+,10+/m0/s1. The summed E-state index contributed by atoms with van der Waals surface area (Å²) in [6.45, 7) is -0.335. The van der Waals surface area contributed by atoms with Crippen LogP contribution in [-0.2, 0) is 4.74 Å². The Balaban J connectivity index is 2.05. The van der Waals surface area contributed by atoms with Crippen molar-refractivity contribution in [3.8, 4) is 11.1 Å². The normalized spacial score (nSPS) is 24.8. The third-order valence-corrected chi connectivity index (χ3v) is 5.26. The molecule has 0 spiro atoms. The fraction of sp³-hybridized carbons (Fsp3) is 0.385. The van der Waals surface area contributed by atoms with E-state index in [4.69, 9.17) is 9.84 Å². The average molecular weight is 389 g/mol. The van der Waals surface area contributed by atoms with Gasteiger partial charge in [0.15, 0.2) is 0 Å². The fourth-order valence-electron chi connectivity index (χ4n) is 2.43. The van der Waals surface area contributed by atoms with E-state index in [1.807, 2.05) is 5.38 Å². The second-order valence-corrected chi connectivity index (χ2v) is 7.17. The van der Waals surface area contributed by atoms with E-state index in [9.17, 15) is 14.7 Å². The Kier molecular flexibility index (Phi) is 4.33. The van der Waals surface area contributed by atoms with Crippen LogP contribution in [0.25, 0.3) is 11.1 Å². The van der Waals surface area contributed by atoms with Gasteiger partial charge in [0.05, 0.1) is 22.1 Å². The summed E-state index contributed by atoms with van der Waals surface area (Å²) in [5.41, 5.74) is -0.0935. The molecule has 3 rings (SSSR count). The lowest BCUT2D eigenvalue weighted by atomic mass is 10.2. The van der Waals surface area contributed by atoms with E-state index in [0.29, 0.717) is 11.1 Å². The Morgan fingerprint density at radius 3 is 2.82 bits per heavy atom. The van der Waals surface area contributed by atoms with Gasteiger partial charge in [-0.2, -0.15) is 0 Å². The highest BCUT2D eigenvalue weighted by molar-refractivity contribution is 9.11. The molecule has 1 aliphatic heterocycles. The van der Waals surface area contributed by atoms with Gasteiger partial charge in [-0.3, -0.25) is 14.3 Å². The van der Waals surface area contributed by atoms with Crippen LogP contribution in [0, 0.1) is 0 Å². The second kappa shape index (κ2) is 6.09. The first-order valence-electron chi connectivity index (χ1n) is 6.54. The first-order chi connectivity index (χ1) is 10.5. The van der Waals surface area contributed by atoms with Crippen molar-refractivity contribution in [3.63, 3.8) is 0 Å². The second-order valence-electron chi connectivity index (χ2n) is 4.93. The summed E-state index contributed by atoms with van der Waals surface area (Å²) < 4.78 is 7.48. The van der Waals surface area contributed by atoms with Crippen molar-refractivity contribution in [3.05, 3.63) is 42.3 Å². The number of H-pyrrole nitrogens is 1. The minimum absolute atomic E-state index is 0.168. The van der Waals surface area contributed by atoms with Gasteiger partial charge in [0.1, 0.15) is 12.3 Å². The van der Waals surface area contributed by atoms with Crippen molar-refractivity contribution in [1.82, 2.24) is 9.55 Å². The predicted octanol–water partition coefficient (Wildman–Crippen LogP) is 0.668. The van der Waals surface area contributed by atoms with Gasteiger partial charge in [0, 0.05) is 18.2 Å². The van der Waals surface area contributed by atoms with Crippen LogP contribution in [0.1, 0.15) is 12.6 Å². The number of aliphatic hydroxyl groups excluding tert-OH is 2. The molecule has 0 radical (unpaired) electrons. The number of hydrogen-bond donors (Lipinski definition) is 3. The summed E-state index contributed by atoms with van der Waals surface area (Å²) in [5, 5.41) is 20.7. The van der Waals surface area contributed by atoms with Crippen molar-refractivity contribution in [2.24, 2.45) is 0 Å². The molecule has 0 amide bonds. The molecule has 9 heteroatoms. The molecule has 0 unspecified atom stereocenters. The van der Waals surface area contributed by atoms with E-state index in [1.165, 1.54) is 22.1 Å². The summed E-state index contributed by atoms with van der Waals surface area (Å²) in [5.74, 6) is 0. The number of nitrogens with one attached hydrogen (secondary N) is 1. The lowest BCUT2D eigenvalue weighted by Gasteiger charge is -2.15. The smallest absolute Gasteiger partial charge is 0.330 e. The fourth-order valence-corrected chi connectivity index (χ4v) is 3.73. The molecule has 3 N–H and O–H groups in total. The molecule has 22 heavy (non-hydrogen) atoms. The van der Waals surface area contributed by atoms with Crippen LogP contribution in [0.5, 0.6) is 0 Å². The van der Waals surface area contributed by atoms with Gasteiger partial charge in [-0.15, -0.1) is 11.3 Å². The Labute approximate surface area is 136 Å². The maximum absolute atomic E-state index is 12.0. The third-order valence-electron chi connectivity index (χ3n) is 3.57. The monoisotopic (exact) mass is 388 g/mol. The van der Waals surface area contributed by atoms with Crippen LogP contribution in [-0.4, -0.2) is 38.6 Å². The van der Waals surface area contributed by atoms with Crippen molar-refractivity contribution in [2.45, 2.75) is 24.9 Å². The van der Waals surface area contributed by atoms with E-state index < -0.39 is 29.7 Å². The third kappa shape index (κ3) is 2.70. The van der Waals surface area contributed by atoms with Gasteiger partial charge >= 0.3 is 5.69 Å². The molecule has 0 aromatic carbocycles. The summed E-state index contributed by atoms with van der Waals surface area (Å²) in [6.07, 6.45) is -0.731. The maximum atomic E-state index is 12.0. The van der Waals surface area contributed by atoms with E-state index in [0.717, 1.165) is 3.79 Å². The predicted molar refractivity (Wildman–Crippen MR) is 84.0 cm³/mol. The number of nitrogens with zero attached hydrogens (tertiary/aromatic N) is 1. The van der Waals surface area contributed by atoms with Crippen LogP contribution in [0.3, 0.4) is 0 Å². The Bertz CT molecular complexity index is 798. The van der Waals surface area contributed by atoms with E-state index >= 15 is 0 Å². The lowest BCUT2D eigenvalue weighted by Crippen LogP contribution is -2.33. The van der Waals surface area contributed by atoms with Crippen LogP contribution < -0.4 is 11.2 Å². The van der Waals surface area contributed by atoms with Crippen molar-refractivity contribution >= 4 is 27.3 Å². The van der Waals surface area contributed by atoms with E-state index in [1.54, 1.807) is 6.07 Å². The zero-order valence-electron chi connectivity index (χ0n) is 11.2. The Morgan fingerprint density at radius 2 is 2.23 bits per heavy atom. The molecule has 0 saturated carbocycles. The molecule has 2 aromatic rings. The van der Waals surface area contributed by atoms with Crippen molar-refractivity contribution < 1.29 is 14.9 Å². The molecule has 0 aliphatic carbocycles. The largest absolute Gasteiger partial charge is 0.394 e. The van der Waals surface area contributed by atoms with Gasteiger partial charge in [0.2, 0.25) is 0 Å². The van der Waals surface area contributed by atoms with Crippen LogP contribution in [0.4, 0.5) is 0 Å². The molecule has 118 valence electrons. The molecule has 3 atom stereocenters. The molecule has 3 heterocycles. The number of thiophene rings is 1. The summed E-state index contributed by atoms with van der Waals surface area (Å²) in [7, 11) is 0.